The smallest absolute Gasteiger partial charge is 0.224 e. The molecule has 0 bridgehead atoms. The molecule has 6 heteroatoms. The summed E-state index contributed by atoms with van der Waals surface area (Å²) in [5, 5.41) is 3.00. The lowest BCUT2D eigenvalue weighted by Crippen LogP contribution is -3.00. The van der Waals surface area contributed by atoms with Crippen molar-refractivity contribution < 1.29 is 42.8 Å². The molecule has 1 aromatic carbocycles. The fraction of sp³-hybridized carbons (Fsp3) is 0.613. The third-order valence-electron chi connectivity index (χ3n) is 6.66. The van der Waals surface area contributed by atoms with Crippen molar-refractivity contribution in [3.8, 4) is 11.5 Å². The highest BCUT2D eigenvalue weighted by Crippen LogP contribution is 2.28. The number of carbonyl (C=O) groups excluding carboxylic acids is 1. The van der Waals surface area contributed by atoms with Gasteiger partial charge in [-0.2, -0.15) is 0 Å². The number of aromatic nitrogens is 1. The Bertz CT molecular complexity index is 858. The molecular weight excluding hydrogens is 575 g/mol. The average molecular weight is 625 g/mol. The largest absolute Gasteiger partial charge is 1.00 e. The highest BCUT2D eigenvalue weighted by atomic mass is 127. The van der Waals surface area contributed by atoms with E-state index in [0.29, 0.717) is 25.3 Å². The first kappa shape index (κ1) is 33.2. The van der Waals surface area contributed by atoms with Gasteiger partial charge in [-0.3, -0.25) is 4.79 Å². The number of hydrogen-bond donors (Lipinski definition) is 1. The minimum atomic E-state index is -0.00515. The van der Waals surface area contributed by atoms with Gasteiger partial charge < -0.3 is 38.8 Å². The van der Waals surface area contributed by atoms with Crippen molar-refractivity contribution in [2.45, 2.75) is 110 Å². The Labute approximate surface area is 242 Å². The number of pyridine rings is 1. The molecule has 0 radical (unpaired) electrons. The van der Waals surface area contributed by atoms with Gasteiger partial charge in [-0.25, -0.2) is 4.57 Å². The molecule has 5 nitrogen and oxygen atoms in total. The second-order valence-electron chi connectivity index (χ2n) is 9.71. The van der Waals surface area contributed by atoms with Crippen LogP contribution < -0.4 is 43.3 Å². The van der Waals surface area contributed by atoms with Gasteiger partial charge in [0.2, 0.25) is 5.91 Å². The highest BCUT2D eigenvalue weighted by Gasteiger charge is 2.10. The zero-order chi connectivity index (χ0) is 25.8. The van der Waals surface area contributed by atoms with E-state index in [1.54, 1.807) is 7.11 Å². The summed E-state index contributed by atoms with van der Waals surface area (Å²) in [6.45, 7) is 6.54. The first-order chi connectivity index (χ1) is 17.7. The number of hydrogen-bond acceptors (Lipinski definition) is 3. The van der Waals surface area contributed by atoms with E-state index in [0.717, 1.165) is 29.8 Å². The van der Waals surface area contributed by atoms with Crippen LogP contribution in [0.25, 0.3) is 0 Å². The van der Waals surface area contributed by atoms with Crippen LogP contribution in [0.15, 0.2) is 42.7 Å². The molecule has 0 atom stereocenters. The number of nitrogens with zero attached hydrogens (tertiary/aromatic N) is 1. The minimum Gasteiger partial charge on any atom is -1.00 e. The number of rotatable bonds is 20. The maximum Gasteiger partial charge on any atom is 0.224 e. The maximum absolute atomic E-state index is 12.4. The summed E-state index contributed by atoms with van der Waals surface area (Å²) < 4.78 is 13.6. The van der Waals surface area contributed by atoms with Crippen molar-refractivity contribution in [2.75, 3.05) is 13.7 Å². The lowest BCUT2D eigenvalue weighted by molar-refractivity contribution is -0.693. The van der Waals surface area contributed by atoms with Gasteiger partial charge in [-0.1, -0.05) is 83.6 Å². The third-order valence-corrected chi connectivity index (χ3v) is 6.66. The second-order valence-corrected chi connectivity index (χ2v) is 9.71. The van der Waals surface area contributed by atoms with Crippen molar-refractivity contribution >= 4 is 5.91 Å². The number of unbranched alkanes of at least 4 members (excludes halogenated alkanes) is 11. The van der Waals surface area contributed by atoms with E-state index in [1.807, 2.05) is 42.7 Å². The highest BCUT2D eigenvalue weighted by molar-refractivity contribution is 5.78. The third kappa shape index (κ3) is 14.6. The fourth-order valence-electron chi connectivity index (χ4n) is 4.33. The molecule has 0 aliphatic carbocycles. The Morgan fingerprint density at radius 2 is 1.38 bits per heavy atom. The van der Waals surface area contributed by atoms with Crippen molar-refractivity contribution in [1.82, 2.24) is 5.32 Å². The van der Waals surface area contributed by atoms with Gasteiger partial charge in [-0.05, 0) is 36.6 Å². The Morgan fingerprint density at radius 3 is 1.95 bits per heavy atom. The summed E-state index contributed by atoms with van der Waals surface area (Å²) in [5.41, 5.74) is 2.01. The quantitative estimate of drug-likeness (QED) is 0.138. The molecule has 0 fully saturated rings. The van der Waals surface area contributed by atoms with E-state index >= 15 is 0 Å². The predicted octanol–water partition coefficient (Wildman–Crippen LogP) is 3.95. The molecule has 0 unspecified atom stereocenters. The van der Waals surface area contributed by atoms with Gasteiger partial charge in [-0.15, -0.1) is 0 Å². The van der Waals surface area contributed by atoms with Gasteiger partial charge in [0.15, 0.2) is 23.9 Å². The van der Waals surface area contributed by atoms with Gasteiger partial charge in [0, 0.05) is 18.7 Å². The summed E-state index contributed by atoms with van der Waals surface area (Å²) in [5.74, 6) is 1.43. The van der Waals surface area contributed by atoms with Crippen LogP contribution in [-0.2, 0) is 24.3 Å². The predicted molar refractivity (Wildman–Crippen MR) is 147 cm³/mol. The Morgan fingerprint density at radius 1 is 0.784 bits per heavy atom. The molecule has 1 heterocycles. The standard InChI is InChI=1S/C31H48N2O3.HI/c1-4-6-7-8-9-10-11-12-13-14-15-16-23-36-29-18-17-28(24-30(29)35-3)25-31(34)32-26-27-19-21-33(5-2)22-20-27;/h17-22,24H,4-16,23,25-26H2,1-3H3;1H. The van der Waals surface area contributed by atoms with Crippen molar-refractivity contribution in [3.63, 3.8) is 0 Å². The topological polar surface area (TPSA) is 51.4 Å². The minimum absolute atomic E-state index is 0. The lowest BCUT2D eigenvalue weighted by Gasteiger charge is -2.12. The number of methoxy groups -OCH3 is 1. The van der Waals surface area contributed by atoms with Crippen LogP contribution in [0.2, 0.25) is 0 Å². The van der Waals surface area contributed by atoms with E-state index < -0.39 is 0 Å². The summed E-state index contributed by atoms with van der Waals surface area (Å²) in [7, 11) is 1.65. The zero-order valence-electron chi connectivity index (χ0n) is 23.4. The van der Waals surface area contributed by atoms with Gasteiger partial charge >= 0.3 is 0 Å². The van der Waals surface area contributed by atoms with E-state index in [9.17, 15) is 4.79 Å². The van der Waals surface area contributed by atoms with E-state index in [-0.39, 0.29) is 29.9 Å². The van der Waals surface area contributed by atoms with E-state index in [1.165, 1.54) is 70.6 Å². The molecule has 0 aliphatic rings. The first-order valence-electron chi connectivity index (χ1n) is 14.2. The molecule has 37 heavy (non-hydrogen) atoms. The van der Waals surface area contributed by atoms with Crippen LogP contribution in [0.5, 0.6) is 11.5 Å². The number of halogens is 1. The van der Waals surface area contributed by atoms with E-state index in [2.05, 4.69) is 23.7 Å². The monoisotopic (exact) mass is 624 g/mol. The van der Waals surface area contributed by atoms with E-state index in [4.69, 9.17) is 9.47 Å². The number of carbonyl (C=O) groups is 1. The Kier molecular flexibility index (Phi) is 19.0. The molecule has 0 aliphatic heterocycles. The molecule has 0 saturated heterocycles. The number of benzene rings is 1. The normalized spacial score (nSPS) is 10.6. The lowest BCUT2D eigenvalue weighted by atomic mass is 10.1. The summed E-state index contributed by atoms with van der Waals surface area (Å²) in [4.78, 5) is 12.4. The van der Waals surface area contributed by atoms with Gasteiger partial charge in [0.25, 0.3) is 0 Å². The van der Waals surface area contributed by atoms with Crippen molar-refractivity contribution in [2.24, 2.45) is 0 Å². The average Bonchev–Trinajstić information content (AvgIpc) is 2.91. The maximum atomic E-state index is 12.4. The van der Waals surface area contributed by atoms with Crippen LogP contribution >= 0.6 is 0 Å². The number of amides is 1. The van der Waals surface area contributed by atoms with Crippen LogP contribution in [0.1, 0.15) is 102 Å². The SMILES string of the molecule is CCCCCCCCCCCCCCOc1ccc(CC(=O)NCc2cc[n+](CC)cc2)cc1OC.[I-]. The van der Waals surface area contributed by atoms with Crippen LogP contribution in [0, 0.1) is 0 Å². The number of ether oxygens (including phenoxy) is 2. The summed E-state index contributed by atoms with van der Waals surface area (Å²) in [6, 6.07) is 9.85. The first-order valence-corrected chi connectivity index (χ1v) is 14.2. The number of nitrogens with one attached hydrogen (secondary N) is 1. The molecule has 0 spiro atoms. The second kappa shape index (κ2) is 21.1. The molecule has 0 saturated carbocycles. The zero-order valence-corrected chi connectivity index (χ0v) is 25.6. The fourth-order valence-corrected chi connectivity index (χ4v) is 4.33. The number of aryl methyl sites for hydroxylation is 1. The molecule has 2 aromatic rings. The Hall–Kier alpha value is -1.83. The van der Waals surface area contributed by atoms with Gasteiger partial charge in [0.1, 0.15) is 6.54 Å². The van der Waals surface area contributed by atoms with Crippen LogP contribution in [0.3, 0.4) is 0 Å². The molecule has 1 N–H and O–H groups in total. The molecule has 208 valence electrons. The molecule has 1 aromatic heterocycles. The van der Waals surface area contributed by atoms with Gasteiger partial charge in [0.05, 0.1) is 20.1 Å². The van der Waals surface area contributed by atoms with Crippen LogP contribution in [0.4, 0.5) is 0 Å². The molecule has 1 amide bonds. The van der Waals surface area contributed by atoms with Crippen LogP contribution in [-0.4, -0.2) is 19.6 Å². The summed E-state index contributed by atoms with van der Waals surface area (Å²) in [6.07, 6.45) is 20.4. The molecular formula is C31H49IN2O3. The van der Waals surface area contributed by atoms with Crippen molar-refractivity contribution in [1.29, 1.82) is 0 Å². The van der Waals surface area contributed by atoms with Crippen molar-refractivity contribution in [3.05, 3.63) is 53.9 Å². The molecule has 2 rings (SSSR count). The summed E-state index contributed by atoms with van der Waals surface area (Å²) >= 11 is 0. The Balaban J connectivity index is 0.00000684.